The maximum Gasteiger partial charge on any atom is 0.214 e. The number of allylic oxidation sites excluding steroid dienone is 1. The zero-order valence-electron chi connectivity index (χ0n) is 14.3. The monoisotopic (exact) mass is 373 g/mol. The van der Waals surface area contributed by atoms with Crippen LogP contribution in [0.3, 0.4) is 0 Å². The summed E-state index contributed by atoms with van der Waals surface area (Å²) in [6, 6.07) is 11.2. The minimum absolute atomic E-state index is 0.153. The smallest absolute Gasteiger partial charge is 0.214 e. The molecule has 0 saturated heterocycles. The number of aldehydes is 1. The summed E-state index contributed by atoms with van der Waals surface area (Å²) in [5.74, 6) is 0.608. The summed E-state index contributed by atoms with van der Waals surface area (Å²) in [7, 11) is 1.85. The summed E-state index contributed by atoms with van der Waals surface area (Å²) in [4.78, 5) is 16.7. The number of hydrogen-bond acceptors (Lipinski definition) is 7. The molecule has 0 saturated carbocycles. The molecule has 3 N–H and O–H groups in total. The molecule has 0 spiro atoms. The predicted octanol–water partition coefficient (Wildman–Crippen LogP) is 2.81. The average molecular weight is 373 g/mol. The number of nitrogens with zero attached hydrogens (tertiary/aromatic N) is 2. The molecule has 0 bridgehead atoms. The second-order valence-electron chi connectivity index (χ2n) is 5.66. The van der Waals surface area contributed by atoms with Gasteiger partial charge in [-0.2, -0.15) is 0 Å². The maximum absolute atomic E-state index is 13.1. The van der Waals surface area contributed by atoms with Gasteiger partial charge in [0.1, 0.15) is 13.0 Å². The zero-order valence-corrected chi connectivity index (χ0v) is 15.1. The molecule has 136 valence electrons. The number of nitrogens with one attached hydrogen (secondary N) is 3. The van der Waals surface area contributed by atoms with Gasteiger partial charge in [-0.1, -0.05) is 24.3 Å². The van der Waals surface area contributed by atoms with Crippen molar-refractivity contribution in [1.82, 2.24) is 15.8 Å². The van der Waals surface area contributed by atoms with Gasteiger partial charge >= 0.3 is 0 Å². The summed E-state index contributed by atoms with van der Waals surface area (Å²) < 4.78 is 13.1. The van der Waals surface area contributed by atoms with Crippen LogP contribution in [0, 0.1) is 0 Å². The number of anilines is 1. The molecule has 1 aromatic heterocycles. The van der Waals surface area contributed by atoms with Crippen molar-refractivity contribution < 1.29 is 9.18 Å². The van der Waals surface area contributed by atoms with Crippen LogP contribution in [0.4, 0.5) is 10.1 Å². The first kappa shape index (κ1) is 18.1. The van der Waals surface area contributed by atoms with E-state index in [1.165, 1.54) is 6.08 Å². The average Bonchev–Trinajstić information content (AvgIpc) is 3.30. The van der Waals surface area contributed by atoms with Gasteiger partial charge in [-0.3, -0.25) is 9.80 Å². The van der Waals surface area contributed by atoms with Gasteiger partial charge in [-0.25, -0.2) is 14.8 Å². The highest BCUT2D eigenvalue weighted by molar-refractivity contribution is 7.10. The molecule has 2 aromatic rings. The van der Waals surface area contributed by atoms with Crippen molar-refractivity contribution in [2.45, 2.75) is 12.8 Å². The summed E-state index contributed by atoms with van der Waals surface area (Å²) in [5.41, 5.74) is 5.15. The third kappa shape index (κ3) is 4.27. The number of para-hydroxylation sites is 1. The van der Waals surface area contributed by atoms with E-state index in [9.17, 15) is 9.18 Å². The van der Waals surface area contributed by atoms with Gasteiger partial charge in [-0.05, 0) is 23.6 Å². The summed E-state index contributed by atoms with van der Waals surface area (Å²) >= 11 is 1.62. The molecule has 2 heterocycles. The quantitative estimate of drug-likeness (QED) is 0.514. The lowest BCUT2D eigenvalue weighted by Crippen LogP contribution is -2.42. The molecule has 6 nitrogen and oxygen atoms in total. The number of alkyl halides is 1. The molecule has 1 aliphatic rings. The van der Waals surface area contributed by atoms with Crippen molar-refractivity contribution in [3.05, 3.63) is 64.0 Å². The van der Waals surface area contributed by atoms with Crippen LogP contribution in [-0.4, -0.2) is 30.8 Å². The first-order valence-corrected chi connectivity index (χ1v) is 8.99. The number of hydrogen-bond donors (Lipinski definition) is 3. The lowest BCUT2D eigenvalue weighted by Gasteiger charge is -2.18. The van der Waals surface area contributed by atoms with E-state index < -0.39 is 6.67 Å². The van der Waals surface area contributed by atoms with Crippen molar-refractivity contribution in [3.63, 3.8) is 0 Å². The first-order chi connectivity index (χ1) is 12.7. The second kappa shape index (κ2) is 8.59. The van der Waals surface area contributed by atoms with Crippen LogP contribution in [0.15, 0.2) is 58.5 Å². The number of rotatable bonds is 7. The fourth-order valence-corrected chi connectivity index (χ4v) is 3.25. The fourth-order valence-electron chi connectivity index (χ4n) is 2.54. The molecule has 1 unspecified atom stereocenters. The molecular formula is C18H20FN5OS. The van der Waals surface area contributed by atoms with E-state index in [-0.39, 0.29) is 6.17 Å². The highest BCUT2D eigenvalue weighted by atomic mass is 32.1. The Hall–Kier alpha value is -2.71. The number of carbonyl (C=O) groups excluding carboxylic acids is 1. The normalized spacial score (nSPS) is 17.2. The maximum atomic E-state index is 13.1. The van der Waals surface area contributed by atoms with Crippen molar-refractivity contribution in [2.24, 2.45) is 4.99 Å². The third-order valence-electron chi connectivity index (χ3n) is 3.87. The Morgan fingerprint density at radius 3 is 2.96 bits per heavy atom. The number of carbonyl (C=O) groups is 1. The number of halogens is 1. The Balaban J connectivity index is 1.68. The Morgan fingerprint density at radius 2 is 2.23 bits per heavy atom. The SMILES string of the molecule is CN1NC(c2cccs2)N=C1N/C(=C\C=O)CNc1ccccc1CF. The van der Waals surface area contributed by atoms with Gasteiger partial charge < -0.3 is 10.6 Å². The van der Waals surface area contributed by atoms with Crippen LogP contribution in [-0.2, 0) is 11.5 Å². The minimum atomic E-state index is -0.550. The van der Waals surface area contributed by atoms with E-state index in [2.05, 4.69) is 21.1 Å². The largest absolute Gasteiger partial charge is 0.379 e. The lowest BCUT2D eigenvalue weighted by molar-refractivity contribution is -0.104. The van der Waals surface area contributed by atoms with E-state index in [0.717, 1.165) is 4.88 Å². The first-order valence-electron chi connectivity index (χ1n) is 8.11. The van der Waals surface area contributed by atoms with E-state index in [1.807, 2.05) is 30.6 Å². The predicted molar refractivity (Wildman–Crippen MR) is 102 cm³/mol. The third-order valence-corrected chi connectivity index (χ3v) is 4.79. The molecule has 1 aliphatic heterocycles. The molecular weight excluding hydrogens is 353 g/mol. The van der Waals surface area contributed by atoms with Crippen LogP contribution >= 0.6 is 11.3 Å². The van der Waals surface area contributed by atoms with E-state index >= 15 is 0 Å². The van der Waals surface area contributed by atoms with Crippen molar-refractivity contribution in [3.8, 4) is 0 Å². The standard InChI is InChI=1S/C18H20FN5OS/c1-24-18(22-17(23-24)16-7-4-10-26-16)21-14(8-9-25)12-20-15-6-3-2-5-13(15)11-19/h2-10,17,20,23H,11-12H2,1H3,(H,21,22)/b14-8-. The molecule has 0 radical (unpaired) electrons. The summed E-state index contributed by atoms with van der Waals surface area (Å²) in [5, 5.41) is 10.1. The number of guanidine groups is 1. The van der Waals surface area contributed by atoms with Crippen LogP contribution in [0.5, 0.6) is 0 Å². The number of aliphatic imine (C=N–C) groups is 1. The molecule has 3 rings (SSSR count). The minimum Gasteiger partial charge on any atom is -0.379 e. The van der Waals surface area contributed by atoms with E-state index in [0.29, 0.717) is 35.7 Å². The van der Waals surface area contributed by atoms with Crippen LogP contribution in [0.25, 0.3) is 0 Å². The van der Waals surface area contributed by atoms with Crippen LogP contribution < -0.4 is 16.1 Å². The van der Waals surface area contributed by atoms with Gasteiger partial charge in [0.05, 0.1) is 6.54 Å². The van der Waals surface area contributed by atoms with E-state index in [1.54, 1.807) is 34.5 Å². The van der Waals surface area contributed by atoms with Crippen molar-refractivity contribution in [2.75, 3.05) is 18.9 Å². The van der Waals surface area contributed by atoms with Crippen molar-refractivity contribution in [1.29, 1.82) is 0 Å². The van der Waals surface area contributed by atoms with Gasteiger partial charge in [0.15, 0.2) is 6.17 Å². The topological polar surface area (TPSA) is 68.8 Å². The molecule has 0 fully saturated rings. The fraction of sp³-hybridized carbons (Fsp3) is 0.222. The van der Waals surface area contributed by atoms with Gasteiger partial charge in [-0.15, -0.1) is 11.3 Å². The van der Waals surface area contributed by atoms with Crippen LogP contribution in [0.2, 0.25) is 0 Å². The summed E-state index contributed by atoms with van der Waals surface area (Å²) in [6.07, 6.45) is 1.99. The second-order valence-corrected chi connectivity index (χ2v) is 6.64. The summed E-state index contributed by atoms with van der Waals surface area (Å²) in [6.45, 7) is -0.211. The van der Waals surface area contributed by atoms with Gasteiger partial charge in [0, 0.05) is 28.9 Å². The molecule has 0 aliphatic carbocycles. The Labute approximate surface area is 155 Å². The highest BCUT2D eigenvalue weighted by Gasteiger charge is 2.24. The number of benzene rings is 1. The molecule has 8 heteroatoms. The lowest BCUT2D eigenvalue weighted by atomic mass is 10.2. The van der Waals surface area contributed by atoms with Gasteiger partial charge in [0.25, 0.3) is 0 Å². The number of thiophene rings is 1. The molecule has 1 atom stereocenters. The number of hydrazine groups is 1. The molecule has 1 aromatic carbocycles. The Bertz CT molecular complexity index is 806. The van der Waals surface area contributed by atoms with Crippen LogP contribution in [0.1, 0.15) is 16.6 Å². The Morgan fingerprint density at radius 1 is 1.38 bits per heavy atom. The zero-order chi connectivity index (χ0) is 18.4. The molecule has 0 amide bonds. The van der Waals surface area contributed by atoms with Crippen molar-refractivity contribution >= 4 is 29.3 Å². The van der Waals surface area contributed by atoms with E-state index in [4.69, 9.17) is 0 Å². The highest BCUT2D eigenvalue weighted by Crippen LogP contribution is 2.23. The Kier molecular flexibility index (Phi) is 5.98. The molecule has 26 heavy (non-hydrogen) atoms. The van der Waals surface area contributed by atoms with Gasteiger partial charge in [0.2, 0.25) is 5.96 Å².